The molecule has 1 fully saturated rings. The van der Waals surface area contributed by atoms with Crippen molar-refractivity contribution in [3.63, 3.8) is 0 Å². The van der Waals surface area contributed by atoms with Crippen LogP contribution in [0.2, 0.25) is 5.15 Å². The molecule has 4 heteroatoms. The molecule has 1 heterocycles. The fourth-order valence-electron chi connectivity index (χ4n) is 2.08. The normalized spacial score (nSPS) is 15.2. The van der Waals surface area contributed by atoms with Crippen LogP contribution in [0.15, 0.2) is 0 Å². The number of halogens is 1. The van der Waals surface area contributed by atoms with Gasteiger partial charge in [0, 0.05) is 12.6 Å². The number of aromatic nitrogens is 2. The van der Waals surface area contributed by atoms with Crippen LogP contribution in [0.3, 0.4) is 0 Å². The van der Waals surface area contributed by atoms with Crippen molar-refractivity contribution in [3.8, 4) is 0 Å². The first-order valence-electron chi connectivity index (χ1n) is 6.76. The van der Waals surface area contributed by atoms with Gasteiger partial charge in [0.25, 0.3) is 0 Å². The quantitative estimate of drug-likeness (QED) is 0.813. The molecule has 2 rings (SSSR count). The summed E-state index contributed by atoms with van der Waals surface area (Å²) in [4.78, 5) is 2.42. The minimum atomic E-state index is 0.524. The molecule has 0 aromatic carbocycles. The van der Waals surface area contributed by atoms with Crippen molar-refractivity contribution in [2.75, 3.05) is 11.4 Å². The summed E-state index contributed by atoms with van der Waals surface area (Å²) in [6.07, 6.45) is 3.75. The second-order valence-electron chi connectivity index (χ2n) is 5.67. The third kappa shape index (κ3) is 2.94. The molecule has 0 spiro atoms. The van der Waals surface area contributed by atoms with Gasteiger partial charge in [0.05, 0.1) is 0 Å². The van der Waals surface area contributed by atoms with E-state index in [9.17, 15) is 0 Å². The average Bonchev–Trinajstić information content (AvgIpc) is 3.13. The molecule has 0 unspecified atom stereocenters. The lowest BCUT2D eigenvalue weighted by molar-refractivity contribution is 0.566. The topological polar surface area (TPSA) is 29.0 Å². The number of nitrogens with zero attached hydrogens (tertiary/aromatic N) is 3. The third-order valence-electron chi connectivity index (χ3n) is 3.65. The predicted octanol–water partition coefficient (Wildman–Crippen LogP) is 3.76. The zero-order chi connectivity index (χ0) is 13.3. The molecule has 0 N–H and O–H groups in total. The fourth-order valence-corrected chi connectivity index (χ4v) is 2.26. The molecule has 0 saturated heterocycles. The van der Waals surface area contributed by atoms with Crippen molar-refractivity contribution in [3.05, 3.63) is 16.3 Å². The smallest absolute Gasteiger partial charge is 0.155 e. The molecule has 1 aromatic heterocycles. The van der Waals surface area contributed by atoms with E-state index in [-0.39, 0.29) is 0 Å². The van der Waals surface area contributed by atoms with Crippen LogP contribution in [0.5, 0.6) is 0 Å². The standard InChI is InChI=1S/C14H22ClN3/c1-9(2)7-8-18(12-5-6-12)14-11(4)10(3)13(15)16-17-14/h9,12H,5-8H2,1-4H3. The van der Waals surface area contributed by atoms with Gasteiger partial charge in [-0.3, -0.25) is 0 Å². The van der Waals surface area contributed by atoms with E-state index in [0.717, 1.165) is 17.9 Å². The van der Waals surface area contributed by atoms with E-state index < -0.39 is 0 Å². The maximum Gasteiger partial charge on any atom is 0.155 e. The Hall–Kier alpha value is -0.830. The first-order chi connectivity index (χ1) is 8.50. The van der Waals surface area contributed by atoms with Crippen molar-refractivity contribution >= 4 is 17.4 Å². The molecule has 0 bridgehead atoms. The van der Waals surface area contributed by atoms with E-state index in [1.165, 1.54) is 24.8 Å². The molecule has 0 amide bonds. The van der Waals surface area contributed by atoms with Crippen LogP contribution in [-0.2, 0) is 0 Å². The van der Waals surface area contributed by atoms with Gasteiger partial charge < -0.3 is 4.90 Å². The zero-order valence-corrected chi connectivity index (χ0v) is 12.5. The Kier molecular flexibility index (Phi) is 4.10. The van der Waals surface area contributed by atoms with Crippen molar-refractivity contribution in [2.45, 2.75) is 53.0 Å². The highest BCUT2D eigenvalue weighted by atomic mass is 35.5. The van der Waals surface area contributed by atoms with Gasteiger partial charge in [0.1, 0.15) is 0 Å². The maximum absolute atomic E-state index is 6.02. The SMILES string of the molecule is Cc1c(Cl)nnc(N(CCC(C)C)C2CC2)c1C. The van der Waals surface area contributed by atoms with Gasteiger partial charge in [-0.2, -0.15) is 0 Å². The average molecular weight is 268 g/mol. The molecule has 0 atom stereocenters. The zero-order valence-electron chi connectivity index (χ0n) is 11.7. The van der Waals surface area contributed by atoms with Crippen LogP contribution in [-0.4, -0.2) is 22.8 Å². The van der Waals surface area contributed by atoms with Gasteiger partial charge in [-0.1, -0.05) is 25.4 Å². The van der Waals surface area contributed by atoms with Crippen molar-refractivity contribution in [2.24, 2.45) is 5.92 Å². The number of hydrogen-bond donors (Lipinski definition) is 0. The molecule has 1 aliphatic rings. The van der Waals surface area contributed by atoms with E-state index in [2.05, 4.69) is 35.9 Å². The Balaban J connectivity index is 2.22. The highest BCUT2D eigenvalue weighted by Gasteiger charge is 2.31. The van der Waals surface area contributed by atoms with Crippen molar-refractivity contribution in [1.29, 1.82) is 0 Å². The maximum atomic E-state index is 6.02. The van der Waals surface area contributed by atoms with Crippen LogP contribution < -0.4 is 4.90 Å². The first-order valence-corrected chi connectivity index (χ1v) is 7.14. The Bertz CT molecular complexity index is 427. The Morgan fingerprint density at radius 1 is 1.22 bits per heavy atom. The highest BCUT2D eigenvalue weighted by Crippen LogP contribution is 2.34. The molecule has 1 saturated carbocycles. The predicted molar refractivity (Wildman–Crippen MR) is 76.3 cm³/mol. The van der Waals surface area contributed by atoms with E-state index in [1.807, 2.05) is 6.92 Å². The minimum Gasteiger partial charge on any atom is -0.352 e. The van der Waals surface area contributed by atoms with Gasteiger partial charge in [-0.15, -0.1) is 10.2 Å². The first kappa shape index (κ1) is 13.6. The highest BCUT2D eigenvalue weighted by molar-refractivity contribution is 6.30. The summed E-state index contributed by atoms with van der Waals surface area (Å²) in [5.74, 6) is 1.74. The molecule has 18 heavy (non-hydrogen) atoms. The van der Waals surface area contributed by atoms with Gasteiger partial charge in [0.15, 0.2) is 11.0 Å². The lowest BCUT2D eigenvalue weighted by atomic mass is 10.1. The van der Waals surface area contributed by atoms with Crippen LogP contribution in [0.4, 0.5) is 5.82 Å². The number of rotatable bonds is 5. The van der Waals surface area contributed by atoms with Gasteiger partial charge in [-0.25, -0.2) is 0 Å². The lowest BCUT2D eigenvalue weighted by Crippen LogP contribution is -2.30. The molecular weight excluding hydrogens is 246 g/mol. The molecule has 0 aliphatic heterocycles. The van der Waals surface area contributed by atoms with E-state index in [4.69, 9.17) is 11.6 Å². The van der Waals surface area contributed by atoms with Crippen molar-refractivity contribution < 1.29 is 0 Å². The van der Waals surface area contributed by atoms with E-state index in [1.54, 1.807) is 0 Å². The summed E-state index contributed by atoms with van der Waals surface area (Å²) in [7, 11) is 0. The molecule has 100 valence electrons. The van der Waals surface area contributed by atoms with Crippen molar-refractivity contribution in [1.82, 2.24) is 10.2 Å². The van der Waals surface area contributed by atoms with E-state index in [0.29, 0.717) is 17.1 Å². The summed E-state index contributed by atoms with van der Waals surface area (Å²) in [5.41, 5.74) is 2.22. The van der Waals surface area contributed by atoms with Gasteiger partial charge in [-0.05, 0) is 50.2 Å². The van der Waals surface area contributed by atoms with Gasteiger partial charge >= 0.3 is 0 Å². The Labute approximate surface area is 115 Å². The summed E-state index contributed by atoms with van der Waals surface area (Å²) >= 11 is 6.02. The summed E-state index contributed by atoms with van der Waals surface area (Å²) in [5, 5.41) is 8.92. The molecule has 1 aromatic rings. The molecular formula is C14H22ClN3. The van der Waals surface area contributed by atoms with E-state index >= 15 is 0 Å². The Morgan fingerprint density at radius 3 is 2.44 bits per heavy atom. The molecule has 1 aliphatic carbocycles. The second-order valence-corrected chi connectivity index (χ2v) is 6.03. The third-order valence-corrected chi connectivity index (χ3v) is 4.01. The van der Waals surface area contributed by atoms with Crippen LogP contribution in [0, 0.1) is 19.8 Å². The minimum absolute atomic E-state index is 0.524. The summed E-state index contributed by atoms with van der Waals surface area (Å²) in [6, 6.07) is 0.664. The number of anilines is 1. The summed E-state index contributed by atoms with van der Waals surface area (Å²) in [6.45, 7) is 9.70. The molecule has 0 radical (unpaired) electrons. The lowest BCUT2D eigenvalue weighted by Gasteiger charge is -2.26. The fraction of sp³-hybridized carbons (Fsp3) is 0.714. The second kappa shape index (κ2) is 5.43. The Morgan fingerprint density at radius 2 is 1.89 bits per heavy atom. The number of hydrogen-bond acceptors (Lipinski definition) is 3. The van der Waals surface area contributed by atoms with Gasteiger partial charge in [0.2, 0.25) is 0 Å². The summed E-state index contributed by atoms with van der Waals surface area (Å²) < 4.78 is 0. The molecule has 3 nitrogen and oxygen atoms in total. The largest absolute Gasteiger partial charge is 0.352 e. The monoisotopic (exact) mass is 267 g/mol. The van der Waals surface area contributed by atoms with Crippen LogP contribution in [0.25, 0.3) is 0 Å². The van der Waals surface area contributed by atoms with Crippen LogP contribution in [0.1, 0.15) is 44.2 Å². The van der Waals surface area contributed by atoms with Crippen LogP contribution >= 0.6 is 11.6 Å².